The average molecular weight is 295 g/mol. The minimum atomic E-state index is -0.0712. The molecule has 3 heteroatoms. The van der Waals surface area contributed by atoms with Gasteiger partial charge < -0.3 is 10.1 Å². The molecule has 0 saturated heterocycles. The second-order valence-corrected chi connectivity index (χ2v) is 5.15. The van der Waals surface area contributed by atoms with Gasteiger partial charge in [-0.15, -0.1) is 0 Å². The largest absolute Gasteiger partial charge is 0.490 e. The average Bonchev–Trinajstić information content (AvgIpc) is 2.58. The lowest BCUT2D eigenvalue weighted by Crippen LogP contribution is -2.27. The Morgan fingerprint density at radius 3 is 2.50 bits per heavy atom. The van der Waals surface area contributed by atoms with Crippen molar-refractivity contribution in [2.24, 2.45) is 0 Å². The van der Waals surface area contributed by atoms with E-state index < -0.39 is 0 Å². The van der Waals surface area contributed by atoms with Crippen LogP contribution in [0.15, 0.2) is 67.3 Å². The van der Waals surface area contributed by atoms with Crippen molar-refractivity contribution in [1.82, 2.24) is 5.32 Å². The molecule has 0 aliphatic heterocycles. The van der Waals surface area contributed by atoms with Gasteiger partial charge in [0.2, 0.25) is 0 Å². The molecular formula is C19H21NO2. The molecule has 1 atom stereocenters. The van der Waals surface area contributed by atoms with E-state index in [0.29, 0.717) is 18.7 Å². The van der Waals surface area contributed by atoms with Crippen molar-refractivity contribution < 1.29 is 9.53 Å². The lowest BCUT2D eigenvalue weighted by Gasteiger charge is -2.13. The number of carbonyl (C=O) groups is 1. The van der Waals surface area contributed by atoms with Gasteiger partial charge in [0, 0.05) is 12.1 Å². The molecule has 0 bridgehead atoms. The minimum Gasteiger partial charge on any atom is -0.490 e. The maximum Gasteiger partial charge on any atom is 0.251 e. The molecule has 0 aromatic heterocycles. The fourth-order valence-electron chi connectivity index (χ4n) is 2.10. The van der Waals surface area contributed by atoms with E-state index in [1.165, 1.54) is 5.56 Å². The highest BCUT2D eigenvalue weighted by Crippen LogP contribution is 2.14. The first-order chi connectivity index (χ1) is 10.7. The van der Waals surface area contributed by atoms with E-state index in [9.17, 15) is 4.79 Å². The fraction of sp³-hybridized carbons (Fsp3) is 0.211. The Morgan fingerprint density at radius 2 is 1.86 bits per heavy atom. The normalized spacial score (nSPS) is 11.5. The van der Waals surface area contributed by atoms with Crippen molar-refractivity contribution in [2.75, 3.05) is 13.2 Å². The van der Waals surface area contributed by atoms with E-state index in [1.54, 1.807) is 30.3 Å². The summed E-state index contributed by atoms with van der Waals surface area (Å²) in [5.41, 5.74) is 1.85. The Hall–Kier alpha value is -2.55. The summed E-state index contributed by atoms with van der Waals surface area (Å²) in [5.74, 6) is 0.938. The van der Waals surface area contributed by atoms with Gasteiger partial charge in [0.05, 0.1) is 0 Å². The summed E-state index contributed by atoms with van der Waals surface area (Å²) in [6, 6.07) is 17.3. The van der Waals surface area contributed by atoms with Gasteiger partial charge in [0.15, 0.2) is 0 Å². The number of amides is 1. The lowest BCUT2D eigenvalue weighted by molar-refractivity contribution is 0.0951. The van der Waals surface area contributed by atoms with Crippen LogP contribution in [-0.4, -0.2) is 19.1 Å². The first-order valence-corrected chi connectivity index (χ1v) is 7.37. The van der Waals surface area contributed by atoms with Gasteiger partial charge in [-0.3, -0.25) is 4.79 Å². The van der Waals surface area contributed by atoms with Crippen LogP contribution in [0.4, 0.5) is 0 Å². The first kappa shape index (κ1) is 15.8. The Kier molecular flexibility index (Phi) is 5.78. The SMILES string of the molecule is C=CCOc1ccc(C(=O)NC[C@@H](C)c2ccccc2)cc1. The van der Waals surface area contributed by atoms with Crippen LogP contribution in [0.2, 0.25) is 0 Å². The molecule has 0 radical (unpaired) electrons. The summed E-state index contributed by atoms with van der Waals surface area (Å²) in [4.78, 5) is 12.1. The molecule has 1 N–H and O–H groups in total. The van der Waals surface area contributed by atoms with E-state index >= 15 is 0 Å². The smallest absolute Gasteiger partial charge is 0.251 e. The van der Waals surface area contributed by atoms with Gasteiger partial charge in [-0.05, 0) is 35.7 Å². The third-order valence-electron chi connectivity index (χ3n) is 3.42. The van der Waals surface area contributed by atoms with E-state index in [0.717, 1.165) is 5.75 Å². The number of hydrogen-bond acceptors (Lipinski definition) is 2. The number of rotatable bonds is 7. The summed E-state index contributed by atoms with van der Waals surface area (Å²) < 4.78 is 5.40. The highest BCUT2D eigenvalue weighted by atomic mass is 16.5. The Labute approximate surface area is 131 Å². The number of hydrogen-bond donors (Lipinski definition) is 1. The minimum absolute atomic E-state index is 0.0712. The second-order valence-electron chi connectivity index (χ2n) is 5.15. The zero-order chi connectivity index (χ0) is 15.8. The molecule has 0 fully saturated rings. The van der Waals surface area contributed by atoms with Crippen LogP contribution in [0.5, 0.6) is 5.75 Å². The number of carbonyl (C=O) groups excluding carboxylic acids is 1. The molecule has 0 saturated carbocycles. The zero-order valence-electron chi connectivity index (χ0n) is 12.8. The monoisotopic (exact) mass is 295 g/mol. The van der Waals surface area contributed by atoms with Crippen molar-refractivity contribution >= 4 is 5.91 Å². The zero-order valence-corrected chi connectivity index (χ0v) is 12.8. The number of benzene rings is 2. The third-order valence-corrected chi connectivity index (χ3v) is 3.42. The van der Waals surface area contributed by atoms with Gasteiger partial charge in [-0.2, -0.15) is 0 Å². The maximum atomic E-state index is 12.1. The Morgan fingerprint density at radius 1 is 1.18 bits per heavy atom. The molecule has 0 aliphatic rings. The van der Waals surface area contributed by atoms with E-state index in [1.807, 2.05) is 18.2 Å². The molecule has 1 amide bonds. The van der Waals surface area contributed by atoms with E-state index in [2.05, 4.69) is 31.0 Å². The Balaban J connectivity index is 1.88. The van der Waals surface area contributed by atoms with Crippen molar-refractivity contribution in [2.45, 2.75) is 12.8 Å². The van der Waals surface area contributed by atoms with Gasteiger partial charge in [0.25, 0.3) is 5.91 Å². The number of nitrogens with one attached hydrogen (secondary N) is 1. The fourth-order valence-corrected chi connectivity index (χ4v) is 2.10. The second kappa shape index (κ2) is 8.03. The topological polar surface area (TPSA) is 38.3 Å². The standard InChI is InChI=1S/C19H21NO2/c1-3-13-22-18-11-9-17(10-12-18)19(21)20-14-15(2)16-7-5-4-6-8-16/h3-12,15H,1,13-14H2,2H3,(H,20,21)/t15-/m1/s1. The molecule has 22 heavy (non-hydrogen) atoms. The van der Waals surface area contributed by atoms with Crippen molar-refractivity contribution in [3.8, 4) is 5.75 Å². The van der Waals surface area contributed by atoms with Crippen molar-refractivity contribution in [3.05, 3.63) is 78.4 Å². The predicted molar refractivity (Wildman–Crippen MR) is 89.3 cm³/mol. The molecule has 2 aromatic rings. The molecule has 3 nitrogen and oxygen atoms in total. The molecule has 0 heterocycles. The summed E-state index contributed by atoms with van der Waals surface area (Å²) in [6.45, 7) is 6.76. The van der Waals surface area contributed by atoms with Crippen LogP contribution >= 0.6 is 0 Å². The molecular weight excluding hydrogens is 274 g/mol. The van der Waals surface area contributed by atoms with Crippen molar-refractivity contribution in [3.63, 3.8) is 0 Å². The van der Waals surface area contributed by atoms with E-state index in [-0.39, 0.29) is 11.8 Å². The van der Waals surface area contributed by atoms with Gasteiger partial charge in [-0.25, -0.2) is 0 Å². The van der Waals surface area contributed by atoms with Gasteiger partial charge in [0.1, 0.15) is 12.4 Å². The van der Waals surface area contributed by atoms with Gasteiger partial charge >= 0.3 is 0 Å². The van der Waals surface area contributed by atoms with Crippen LogP contribution in [-0.2, 0) is 0 Å². The predicted octanol–water partition coefficient (Wildman–Crippen LogP) is 3.78. The van der Waals surface area contributed by atoms with Crippen molar-refractivity contribution in [1.29, 1.82) is 0 Å². The van der Waals surface area contributed by atoms with Crippen LogP contribution in [0.25, 0.3) is 0 Å². The quantitative estimate of drug-likeness (QED) is 0.789. The van der Waals surface area contributed by atoms with Crippen LogP contribution in [0, 0.1) is 0 Å². The number of ether oxygens (including phenoxy) is 1. The molecule has 0 unspecified atom stereocenters. The summed E-state index contributed by atoms with van der Waals surface area (Å²) in [6.07, 6.45) is 1.69. The molecule has 2 aromatic carbocycles. The van der Waals surface area contributed by atoms with Crippen LogP contribution in [0.3, 0.4) is 0 Å². The summed E-state index contributed by atoms with van der Waals surface area (Å²) in [5, 5.41) is 2.96. The van der Waals surface area contributed by atoms with Crippen LogP contribution in [0.1, 0.15) is 28.8 Å². The lowest BCUT2D eigenvalue weighted by atomic mass is 10.0. The van der Waals surface area contributed by atoms with Crippen LogP contribution < -0.4 is 10.1 Å². The highest BCUT2D eigenvalue weighted by Gasteiger charge is 2.09. The first-order valence-electron chi connectivity index (χ1n) is 7.37. The molecule has 2 rings (SSSR count). The molecule has 114 valence electrons. The summed E-state index contributed by atoms with van der Waals surface area (Å²) >= 11 is 0. The molecule has 0 spiro atoms. The third kappa shape index (κ3) is 4.48. The highest BCUT2D eigenvalue weighted by molar-refractivity contribution is 5.94. The summed E-state index contributed by atoms with van der Waals surface area (Å²) in [7, 11) is 0. The van der Waals surface area contributed by atoms with Gasteiger partial charge in [-0.1, -0.05) is 49.9 Å². The molecule has 0 aliphatic carbocycles. The Bertz CT molecular complexity index is 605. The van der Waals surface area contributed by atoms with E-state index in [4.69, 9.17) is 4.74 Å². The maximum absolute atomic E-state index is 12.1.